The quantitative estimate of drug-likeness (QED) is 0.850. The summed E-state index contributed by atoms with van der Waals surface area (Å²) in [5.41, 5.74) is 0. The van der Waals surface area contributed by atoms with Crippen LogP contribution in [0.25, 0.3) is 0 Å². The van der Waals surface area contributed by atoms with Gasteiger partial charge in [-0.05, 0) is 19.8 Å². The second-order valence-electron chi connectivity index (χ2n) is 5.48. The summed E-state index contributed by atoms with van der Waals surface area (Å²) < 4.78 is 0. The van der Waals surface area contributed by atoms with Crippen LogP contribution >= 0.6 is 11.3 Å². The first-order chi connectivity index (χ1) is 10.8. The number of hydrogen-bond donors (Lipinski definition) is 2. The lowest BCUT2D eigenvalue weighted by molar-refractivity contribution is 0.573. The van der Waals surface area contributed by atoms with Crippen LogP contribution in [-0.4, -0.2) is 41.1 Å². The zero-order chi connectivity index (χ0) is 15.4. The highest BCUT2D eigenvalue weighted by Gasteiger charge is 2.25. The number of nitrogens with one attached hydrogen (secondary N) is 2. The van der Waals surface area contributed by atoms with Gasteiger partial charge in [0.15, 0.2) is 0 Å². The van der Waals surface area contributed by atoms with Gasteiger partial charge < -0.3 is 15.5 Å². The summed E-state index contributed by atoms with van der Waals surface area (Å²) in [5, 5.41) is 7.75. The maximum Gasteiger partial charge on any atom is 0.134 e. The Bertz CT molecular complexity index is 614. The Hall–Kier alpha value is -1.73. The van der Waals surface area contributed by atoms with Crippen molar-refractivity contribution in [3.8, 4) is 0 Å². The van der Waals surface area contributed by atoms with Gasteiger partial charge in [0.25, 0.3) is 0 Å². The summed E-state index contributed by atoms with van der Waals surface area (Å²) in [6, 6.07) is 2.51. The summed E-state index contributed by atoms with van der Waals surface area (Å²) in [7, 11) is 1.88. The average molecular weight is 318 g/mol. The van der Waals surface area contributed by atoms with Crippen molar-refractivity contribution in [2.24, 2.45) is 0 Å². The molecule has 0 amide bonds. The van der Waals surface area contributed by atoms with Crippen molar-refractivity contribution in [2.45, 2.75) is 32.4 Å². The number of nitrogens with zero attached hydrogens (tertiary/aromatic N) is 4. The number of anilines is 2. The minimum absolute atomic E-state index is 0.494. The Balaban J connectivity index is 1.58. The smallest absolute Gasteiger partial charge is 0.134 e. The van der Waals surface area contributed by atoms with Crippen LogP contribution in [0.4, 0.5) is 11.6 Å². The molecule has 0 radical (unpaired) electrons. The van der Waals surface area contributed by atoms with Crippen LogP contribution in [0, 0.1) is 6.92 Å². The van der Waals surface area contributed by atoms with Crippen LogP contribution in [0.5, 0.6) is 0 Å². The molecule has 0 saturated carbocycles. The van der Waals surface area contributed by atoms with E-state index < -0.39 is 0 Å². The molecule has 0 bridgehead atoms. The highest BCUT2D eigenvalue weighted by atomic mass is 32.1. The van der Waals surface area contributed by atoms with Gasteiger partial charge in [-0.1, -0.05) is 0 Å². The molecule has 0 unspecified atom stereocenters. The summed E-state index contributed by atoms with van der Waals surface area (Å²) >= 11 is 1.76. The van der Waals surface area contributed by atoms with Gasteiger partial charge in [-0.15, -0.1) is 11.3 Å². The molecule has 0 aliphatic carbocycles. The van der Waals surface area contributed by atoms with Crippen LogP contribution < -0.4 is 15.5 Å². The van der Waals surface area contributed by atoms with Crippen molar-refractivity contribution in [1.82, 2.24) is 20.3 Å². The lowest BCUT2D eigenvalue weighted by Gasteiger charge is -2.26. The van der Waals surface area contributed by atoms with E-state index in [1.807, 2.05) is 26.2 Å². The van der Waals surface area contributed by atoms with Crippen molar-refractivity contribution < 1.29 is 0 Å². The van der Waals surface area contributed by atoms with Crippen LogP contribution in [0.2, 0.25) is 0 Å². The van der Waals surface area contributed by atoms with Gasteiger partial charge in [-0.3, -0.25) is 0 Å². The maximum atomic E-state index is 4.43. The lowest BCUT2D eigenvalue weighted by atomic mass is 10.2. The molecular weight excluding hydrogens is 296 g/mol. The zero-order valence-corrected chi connectivity index (χ0v) is 13.9. The van der Waals surface area contributed by atoms with Gasteiger partial charge in [-0.25, -0.2) is 15.0 Å². The third-order valence-corrected chi connectivity index (χ3v) is 4.84. The second kappa shape index (κ2) is 7.02. The summed E-state index contributed by atoms with van der Waals surface area (Å²) in [6.07, 6.45) is 6.01. The van der Waals surface area contributed by atoms with E-state index in [1.165, 1.54) is 17.7 Å². The predicted molar refractivity (Wildman–Crippen MR) is 90.5 cm³/mol. The van der Waals surface area contributed by atoms with E-state index in [-0.39, 0.29) is 0 Å². The van der Waals surface area contributed by atoms with Crippen molar-refractivity contribution >= 4 is 23.0 Å². The standard InChI is InChI=1S/C15H22N6S/c1-11-18-9-13(22-11)8-17-7-12-4-3-5-21(12)15-6-14(16-2)19-10-20-15/h6,9-10,12,17H,3-5,7-8H2,1-2H3,(H,16,19,20)/t12-/m1/s1. The molecular formula is C15H22N6S. The predicted octanol–water partition coefficient (Wildman–Crippen LogP) is 2.04. The molecule has 1 aliphatic heterocycles. The molecule has 0 spiro atoms. The molecule has 3 heterocycles. The summed E-state index contributed by atoms with van der Waals surface area (Å²) in [6.45, 7) is 4.96. The Kier molecular flexibility index (Phi) is 4.84. The average Bonchev–Trinajstić information content (AvgIpc) is 3.16. The van der Waals surface area contributed by atoms with Crippen LogP contribution in [0.1, 0.15) is 22.7 Å². The van der Waals surface area contributed by atoms with Gasteiger partial charge in [-0.2, -0.15) is 0 Å². The molecule has 22 heavy (non-hydrogen) atoms. The van der Waals surface area contributed by atoms with Gasteiger partial charge in [0.05, 0.1) is 5.01 Å². The van der Waals surface area contributed by atoms with Gasteiger partial charge in [0.2, 0.25) is 0 Å². The Labute approximate surface area is 135 Å². The zero-order valence-electron chi connectivity index (χ0n) is 13.0. The molecule has 1 saturated heterocycles. The number of rotatable bonds is 6. The van der Waals surface area contributed by atoms with E-state index >= 15 is 0 Å². The van der Waals surface area contributed by atoms with Crippen molar-refractivity contribution in [3.05, 3.63) is 28.5 Å². The SMILES string of the molecule is CNc1cc(N2CCC[C@@H]2CNCc2cnc(C)s2)ncn1. The number of hydrogen-bond acceptors (Lipinski definition) is 7. The molecule has 1 fully saturated rings. The van der Waals surface area contributed by atoms with Crippen LogP contribution in [0.3, 0.4) is 0 Å². The highest BCUT2D eigenvalue weighted by molar-refractivity contribution is 7.11. The fourth-order valence-corrected chi connectivity index (χ4v) is 3.60. The summed E-state index contributed by atoms with van der Waals surface area (Å²) in [5.74, 6) is 1.88. The van der Waals surface area contributed by atoms with E-state index in [0.717, 1.165) is 36.3 Å². The number of aromatic nitrogens is 3. The van der Waals surface area contributed by atoms with E-state index in [2.05, 4.69) is 30.5 Å². The first-order valence-corrected chi connectivity index (χ1v) is 8.46. The molecule has 6 nitrogen and oxygen atoms in total. The Morgan fingerprint density at radius 2 is 2.27 bits per heavy atom. The van der Waals surface area contributed by atoms with E-state index in [1.54, 1.807) is 17.7 Å². The van der Waals surface area contributed by atoms with E-state index in [4.69, 9.17) is 0 Å². The lowest BCUT2D eigenvalue weighted by Crippen LogP contribution is -2.38. The van der Waals surface area contributed by atoms with Gasteiger partial charge >= 0.3 is 0 Å². The van der Waals surface area contributed by atoms with Crippen molar-refractivity contribution in [1.29, 1.82) is 0 Å². The molecule has 1 aliphatic rings. The van der Waals surface area contributed by atoms with Crippen LogP contribution in [-0.2, 0) is 6.54 Å². The fraction of sp³-hybridized carbons (Fsp3) is 0.533. The highest BCUT2D eigenvalue weighted by Crippen LogP contribution is 2.24. The van der Waals surface area contributed by atoms with Crippen molar-refractivity contribution in [2.75, 3.05) is 30.4 Å². The normalized spacial score (nSPS) is 17.9. The summed E-state index contributed by atoms with van der Waals surface area (Å²) in [4.78, 5) is 16.6. The monoisotopic (exact) mass is 318 g/mol. The molecule has 3 rings (SSSR count). The molecule has 1 atom stereocenters. The Morgan fingerprint density at radius 3 is 3.05 bits per heavy atom. The van der Waals surface area contributed by atoms with Gasteiger partial charge in [0.1, 0.15) is 18.0 Å². The number of thiazole rings is 1. The van der Waals surface area contributed by atoms with E-state index in [9.17, 15) is 0 Å². The van der Waals surface area contributed by atoms with Gasteiger partial charge in [0, 0.05) is 49.9 Å². The first kappa shape index (κ1) is 15.2. The topological polar surface area (TPSA) is 66.0 Å². The largest absolute Gasteiger partial charge is 0.373 e. The Morgan fingerprint density at radius 1 is 1.36 bits per heavy atom. The van der Waals surface area contributed by atoms with Crippen molar-refractivity contribution in [3.63, 3.8) is 0 Å². The third-order valence-electron chi connectivity index (χ3n) is 3.93. The molecule has 118 valence electrons. The van der Waals surface area contributed by atoms with E-state index in [0.29, 0.717) is 6.04 Å². The molecule has 0 aromatic carbocycles. The molecule has 2 aromatic heterocycles. The minimum atomic E-state index is 0.494. The molecule has 2 N–H and O–H groups in total. The minimum Gasteiger partial charge on any atom is -0.373 e. The third kappa shape index (κ3) is 3.53. The first-order valence-electron chi connectivity index (χ1n) is 7.64. The fourth-order valence-electron chi connectivity index (χ4n) is 2.84. The number of aryl methyl sites for hydroxylation is 1. The molecule has 7 heteroatoms. The maximum absolute atomic E-state index is 4.43. The van der Waals surface area contributed by atoms with Crippen LogP contribution in [0.15, 0.2) is 18.6 Å². The molecule has 2 aromatic rings. The second-order valence-corrected chi connectivity index (χ2v) is 6.80.